The fourth-order valence-corrected chi connectivity index (χ4v) is 1.90. The van der Waals surface area contributed by atoms with Crippen LogP contribution in [0.2, 0.25) is 0 Å². The SMILES string of the molecule is CCNC(=O)NC(=O)[C@@H](C)Nc1cc(OC)c(OC)c(OC)c1. The first kappa shape index (κ1) is 18.4. The number of hydrogen-bond donors (Lipinski definition) is 3. The van der Waals surface area contributed by atoms with Crippen molar-refractivity contribution >= 4 is 17.6 Å². The van der Waals surface area contributed by atoms with Gasteiger partial charge in [-0.25, -0.2) is 4.79 Å². The van der Waals surface area contributed by atoms with Crippen LogP contribution in [0.5, 0.6) is 17.2 Å². The Labute approximate surface area is 135 Å². The highest BCUT2D eigenvalue weighted by atomic mass is 16.5. The van der Waals surface area contributed by atoms with E-state index in [4.69, 9.17) is 14.2 Å². The Morgan fingerprint density at radius 1 is 1.09 bits per heavy atom. The third-order valence-corrected chi connectivity index (χ3v) is 3.02. The Balaban J connectivity index is 2.87. The molecule has 0 aliphatic rings. The molecule has 0 aromatic heterocycles. The maximum absolute atomic E-state index is 11.9. The van der Waals surface area contributed by atoms with Gasteiger partial charge in [-0.15, -0.1) is 0 Å². The van der Waals surface area contributed by atoms with Crippen LogP contribution in [0.4, 0.5) is 10.5 Å². The summed E-state index contributed by atoms with van der Waals surface area (Å²) in [5, 5.41) is 7.72. The van der Waals surface area contributed by atoms with Gasteiger partial charge in [0, 0.05) is 24.4 Å². The molecular weight excluding hydrogens is 302 g/mol. The van der Waals surface area contributed by atoms with E-state index in [-0.39, 0.29) is 0 Å². The summed E-state index contributed by atoms with van der Waals surface area (Å²) in [5.74, 6) is 0.932. The molecule has 0 aliphatic heterocycles. The predicted octanol–water partition coefficient (Wildman–Crippen LogP) is 1.36. The van der Waals surface area contributed by atoms with Gasteiger partial charge in [0.15, 0.2) is 11.5 Å². The summed E-state index contributed by atoms with van der Waals surface area (Å²) in [5.41, 5.74) is 0.595. The number of urea groups is 1. The number of benzene rings is 1. The molecule has 3 N–H and O–H groups in total. The third-order valence-electron chi connectivity index (χ3n) is 3.02. The van der Waals surface area contributed by atoms with Crippen molar-refractivity contribution in [3.8, 4) is 17.2 Å². The Morgan fingerprint density at radius 3 is 2.09 bits per heavy atom. The second kappa shape index (κ2) is 8.72. The standard InChI is InChI=1S/C15H23N3O5/c1-6-16-15(20)18-14(19)9(2)17-10-7-11(21-3)13(23-5)12(8-10)22-4/h7-9,17H,6H2,1-5H3,(H2,16,18,19,20)/t9-/m1/s1. The first-order valence-corrected chi connectivity index (χ1v) is 7.12. The monoisotopic (exact) mass is 325 g/mol. The van der Waals surface area contributed by atoms with E-state index in [2.05, 4.69) is 16.0 Å². The lowest BCUT2D eigenvalue weighted by Gasteiger charge is -2.18. The van der Waals surface area contributed by atoms with Gasteiger partial charge in [-0.05, 0) is 13.8 Å². The van der Waals surface area contributed by atoms with Crippen LogP contribution in [-0.4, -0.2) is 45.9 Å². The number of carbonyl (C=O) groups excluding carboxylic acids is 2. The normalized spacial score (nSPS) is 11.2. The zero-order valence-electron chi connectivity index (χ0n) is 14.0. The Morgan fingerprint density at radius 2 is 1.65 bits per heavy atom. The first-order valence-electron chi connectivity index (χ1n) is 7.12. The average Bonchev–Trinajstić information content (AvgIpc) is 2.53. The maximum atomic E-state index is 11.9. The molecule has 0 saturated heterocycles. The van der Waals surface area contributed by atoms with Crippen molar-refractivity contribution in [1.29, 1.82) is 0 Å². The molecule has 0 saturated carbocycles. The number of carbonyl (C=O) groups is 2. The summed E-state index contributed by atoms with van der Waals surface area (Å²) < 4.78 is 15.7. The van der Waals surface area contributed by atoms with Gasteiger partial charge in [0.05, 0.1) is 21.3 Å². The molecule has 0 aliphatic carbocycles. The molecule has 8 nitrogen and oxygen atoms in total. The molecule has 1 aromatic rings. The maximum Gasteiger partial charge on any atom is 0.321 e. The van der Waals surface area contributed by atoms with Gasteiger partial charge in [-0.3, -0.25) is 10.1 Å². The van der Waals surface area contributed by atoms with E-state index in [0.717, 1.165) is 0 Å². The summed E-state index contributed by atoms with van der Waals surface area (Å²) in [4.78, 5) is 23.3. The molecule has 0 bridgehead atoms. The van der Waals surface area contributed by atoms with Crippen molar-refractivity contribution in [3.05, 3.63) is 12.1 Å². The number of nitrogens with one attached hydrogen (secondary N) is 3. The second-order valence-electron chi connectivity index (χ2n) is 4.63. The lowest BCUT2D eigenvalue weighted by atomic mass is 10.2. The molecule has 0 heterocycles. The number of ether oxygens (including phenoxy) is 3. The molecule has 128 valence electrons. The number of anilines is 1. The van der Waals surface area contributed by atoms with E-state index in [1.165, 1.54) is 21.3 Å². The number of hydrogen-bond acceptors (Lipinski definition) is 6. The Hall–Kier alpha value is -2.64. The molecule has 1 atom stereocenters. The van der Waals surface area contributed by atoms with Crippen molar-refractivity contribution in [1.82, 2.24) is 10.6 Å². The van der Waals surface area contributed by atoms with Gasteiger partial charge in [0.1, 0.15) is 6.04 Å². The Bertz CT molecular complexity index is 537. The van der Waals surface area contributed by atoms with Gasteiger partial charge < -0.3 is 24.8 Å². The van der Waals surface area contributed by atoms with Crippen molar-refractivity contribution < 1.29 is 23.8 Å². The van der Waals surface area contributed by atoms with Gasteiger partial charge in [0.2, 0.25) is 11.7 Å². The highest BCUT2D eigenvalue weighted by Gasteiger charge is 2.18. The van der Waals surface area contributed by atoms with Crippen molar-refractivity contribution in [2.75, 3.05) is 33.2 Å². The van der Waals surface area contributed by atoms with Crippen molar-refractivity contribution in [2.45, 2.75) is 19.9 Å². The largest absolute Gasteiger partial charge is 0.493 e. The van der Waals surface area contributed by atoms with Gasteiger partial charge in [0.25, 0.3) is 0 Å². The minimum absolute atomic E-state index is 0.438. The third kappa shape index (κ3) is 4.94. The topological polar surface area (TPSA) is 97.9 Å². The summed E-state index contributed by atoms with van der Waals surface area (Å²) in [6, 6.07) is 2.19. The summed E-state index contributed by atoms with van der Waals surface area (Å²) >= 11 is 0. The highest BCUT2D eigenvalue weighted by Crippen LogP contribution is 2.40. The number of amides is 3. The van der Waals surface area contributed by atoms with Crippen LogP contribution >= 0.6 is 0 Å². The van der Waals surface area contributed by atoms with Crippen LogP contribution in [0.25, 0.3) is 0 Å². The summed E-state index contributed by atoms with van der Waals surface area (Å²) in [7, 11) is 4.52. The molecule has 1 rings (SSSR count). The molecule has 3 amide bonds. The molecule has 0 spiro atoms. The van der Waals surface area contributed by atoms with E-state index in [1.807, 2.05) is 0 Å². The van der Waals surface area contributed by atoms with E-state index < -0.39 is 18.0 Å². The van der Waals surface area contributed by atoms with Crippen LogP contribution in [0, 0.1) is 0 Å². The van der Waals surface area contributed by atoms with Gasteiger partial charge in [-0.2, -0.15) is 0 Å². The lowest BCUT2D eigenvalue weighted by molar-refractivity contribution is -0.120. The minimum atomic E-state index is -0.639. The summed E-state index contributed by atoms with van der Waals surface area (Å²) in [6.07, 6.45) is 0. The average molecular weight is 325 g/mol. The molecule has 23 heavy (non-hydrogen) atoms. The van der Waals surface area contributed by atoms with E-state index in [1.54, 1.807) is 26.0 Å². The molecular formula is C15H23N3O5. The number of imide groups is 1. The van der Waals surface area contributed by atoms with Crippen LogP contribution < -0.4 is 30.2 Å². The number of methoxy groups -OCH3 is 3. The van der Waals surface area contributed by atoms with Crippen LogP contribution in [0.15, 0.2) is 12.1 Å². The van der Waals surface area contributed by atoms with Crippen LogP contribution in [-0.2, 0) is 4.79 Å². The lowest BCUT2D eigenvalue weighted by Crippen LogP contribution is -2.45. The van der Waals surface area contributed by atoms with Crippen molar-refractivity contribution in [3.63, 3.8) is 0 Å². The molecule has 0 unspecified atom stereocenters. The van der Waals surface area contributed by atoms with Crippen molar-refractivity contribution in [2.24, 2.45) is 0 Å². The zero-order valence-corrected chi connectivity index (χ0v) is 14.0. The fraction of sp³-hybridized carbons (Fsp3) is 0.467. The molecule has 0 radical (unpaired) electrons. The summed E-state index contributed by atoms with van der Waals surface area (Å²) in [6.45, 7) is 3.84. The van der Waals surface area contributed by atoms with Gasteiger partial charge in [-0.1, -0.05) is 0 Å². The number of rotatable bonds is 7. The molecule has 0 fully saturated rings. The highest BCUT2D eigenvalue weighted by molar-refractivity contribution is 5.98. The molecule has 1 aromatic carbocycles. The zero-order chi connectivity index (χ0) is 17.4. The molecule has 8 heteroatoms. The first-order chi connectivity index (χ1) is 11.0. The van der Waals surface area contributed by atoms with Crippen LogP contribution in [0.3, 0.4) is 0 Å². The Kier molecular flexibility index (Phi) is 6.98. The predicted molar refractivity (Wildman–Crippen MR) is 86.4 cm³/mol. The van der Waals surface area contributed by atoms with Crippen LogP contribution in [0.1, 0.15) is 13.8 Å². The fourth-order valence-electron chi connectivity index (χ4n) is 1.90. The van der Waals surface area contributed by atoms with E-state index in [0.29, 0.717) is 29.5 Å². The quantitative estimate of drug-likeness (QED) is 0.700. The minimum Gasteiger partial charge on any atom is -0.493 e. The van der Waals surface area contributed by atoms with E-state index >= 15 is 0 Å². The van der Waals surface area contributed by atoms with E-state index in [9.17, 15) is 9.59 Å². The second-order valence-corrected chi connectivity index (χ2v) is 4.63. The van der Waals surface area contributed by atoms with Gasteiger partial charge >= 0.3 is 6.03 Å². The smallest absolute Gasteiger partial charge is 0.321 e.